The molecular weight excluding hydrogens is 428 g/mol. The number of sulfone groups is 1. The Kier molecular flexibility index (Phi) is 5.70. The maximum atomic E-state index is 12.7. The summed E-state index contributed by atoms with van der Waals surface area (Å²) in [6.07, 6.45) is 0. The Labute approximate surface area is 158 Å². The summed E-state index contributed by atoms with van der Waals surface area (Å²) < 4.78 is 24.4. The molecule has 0 unspecified atom stereocenters. The fraction of sp³-hybridized carbons (Fsp3) is 0.250. The van der Waals surface area contributed by atoms with Crippen molar-refractivity contribution in [2.45, 2.75) is 30.4 Å². The molecule has 2 N–H and O–H groups in total. The van der Waals surface area contributed by atoms with Crippen molar-refractivity contribution in [3.05, 3.63) is 50.6 Å². The molecule has 1 aromatic carbocycles. The Balaban J connectivity index is 2.13. The Morgan fingerprint density at radius 2 is 1.64 bits per heavy atom. The first kappa shape index (κ1) is 19.6. The molecule has 0 radical (unpaired) electrons. The molecule has 1 heterocycles. The van der Waals surface area contributed by atoms with E-state index in [2.05, 4.69) is 26.8 Å². The molecule has 25 heavy (non-hydrogen) atoms. The number of amides is 2. The minimum atomic E-state index is -3.94. The lowest BCUT2D eigenvalue weighted by molar-refractivity contribution is -0.123. The van der Waals surface area contributed by atoms with Gasteiger partial charge in [0.25, 0.3) is 11.8 Å². The van der Waals surface area contributed by atoms with Gasteiger partial charge in [0.2, 0.25) is 0 Å². The average Bonchev–Trinajstić information content (AvgIpc) is 2.99. The van der Waals surface area contributed by atoms with Gasteiger partial charge in [-0.05, 0) is 57.2 Å². The molecule has 0 aliphatic heterocycles. The number of rotatable bonds is 4. The summed E-state index contributed by atoms with van der Waals surface area (Å²) in [5.41, 5.74) is 4.45. The maximum absolute atomic E-state index is 12.7. The molecule has 9 heteroatoms. The molecule has 134 valence electrons. The van der Waals surface area contributed by atoms with Gasteiger partial charge in [-0.25, -0.2) is 8.42 Å². The highest BCUT2D eigenvalue weighted by Gasteiger charge is 2.43. The molecule has 0 aliphatic rings. The fourth-order valence-electron chi connectivity index (χ4n) is 1.91. The van der Waals surface area contributed by atoms with Crippen LogP contribution in [0.2, 0.25) is 0 Å². The molecule has 2 rings (SSSR count). The number of carbonyl (C=O) groups is 2. The molecule has 0 saturated carbocycles. The predicted octanol–water partition coefficient (Wildman–Crippen LogP) is 2.83. The molecule has 6 nitrogen and oxygen atoms in total. The molecule has 0 bridgehead atoms. The second kappa shape index (κ2) is 7.27. The third-order valence-electron chi connectivity index (χ3n) is 3.60. The number of hydrazine groups is 1. The smallest absolute Gasteiger partial charge is 0.271 e. The maximum Gasteiger partial charge on any atom is 0.279 e. The van der Waals surface area contributed by atoms with Gasteiger partial charge < -0.3 is 0 Å². The minimum absolute atomic E-state index is 0.0241. The van der Waals surface area contributed by atoms with E-state index in [0.717, 1.165) is 9.35 Å². The van der Waals surface area contributed by atoms with Gasteiger partial charge in [0.15, 0.2) is 14.6 Å². The molecule has 2 aromatic rings. The van der Waals surface area contributed by atoms with Crippen molar-refractivity contribution in [3.8, 4) is 0 Å². The van der Waals surface area contributed by atoms with Crippen molar-refractivity contribution in [3.63, 3.8) is 0 Å². The van der Waals surface area contributed by atoms with Crippen LogP contribution in [-0.4, -0.2) is 25.0 Å². The van der Waals surface area contributed by atoms with E-state index in [-0.39, 0.29) is 4.90 Å². The molecule has 0 aliphatic carbocycles. The number of aryl methyl sites for hydroxylation is 1. The second-order valence-corrected chi connectivity index (χ2v) is 10.5. The third-order valence-corrected chi connectivity index (χ3v) is 7.55. The first-order chi connectivity index (χ1) is 11.6. The van der Waals surface area contributed by atoms with Crippen LogP contribution in [0.4, 0.5) is 0 Å². The lowest BCUT2D eigenvalue weighted by Gasteiger charge is -2.23. The Morgan fingerprint density at radius 3 is 2.16 bits per heavy atom. The lowest BCUT2D eigenvalue weighted by atomic mass is 10.2. The second-order valence-electron chi connectivity index (χ2n) is 5.79. The monoisotopic (exact) mass is 444 g/mol. The van der Waals surface area contributed by atoms with Crippen LogP contribution in [0.1, 0.15) is 28.4 Å². The zero-order valence-corrected chi connectivity index (χ0v) is 17.0. The summed E-state index contributed by atoms with van der Waals surface area (Å²) in [4.78, 5) is 25.8. The highest BCUT2D eigenvalue weighted by Crippen LogP contribution is 2.26. The molecular formula is C16H17BrN2O4S2. The highest BCUT2D eigenvalue weighted by atomic mass is 79.9. The number of hydrogen-bond donors (Lipinski definition) is 2. The van der Waals surface area contributed by atoms with Crippen LogP contribution in [0.3, 0.4) is 0 Å². The number of halogens is 1. The zero-order chi connectivity index (χ0) is 18.8. The summed E-state index contributed by atoms with van der Waals surface area (Å²) >= 11 is 4.51. The normalized spacial score (nSPS) is 11.8. The number of nitrogens with one attached hydrogen (secondary N) is 2. The van der Waals surface area contributed by atoms with Gasteiger partial charge in [-0.15, -0.1) is 11.3 Å². The minimum Gasteiger partial charge on any atom is -0.271 e. The van der Waals surface area contributed by atoms with Crippen molar-refractivity contribution in [2.24, 2.45) is 0 Å². The van der Waals surface area contributed by atoms with Gasteiger partial charge in [0.1, 0.15) is 0 Å². The first-order valence-electron chi connectivity index (χ1n) is 7.23. The SMILES string of the molecule is Cc1ccc(C(=O)NNC(=O)C(C)(C)S(=O)(=O)c2ccc(Br)cc2)s1. The van der Waals surface area contributed by atoms with Crippen LogP contribution in [0.25, 0.3) is 0 Å². The number of benzene rings is 1. The summed E-state index contributed by atoms with van der Waals surface area (Å²) in [5, 5.41) is 0. The van der Waals surface area contributed by atoms with E-state index in [4.69, 9.17) is 0 Å². The van der Waals surface area contributed by atoms with E-state index in [1.807, 2.05) is 6.92 Å². The van der Waals surface area contributed by atoms with Crippen LogP contribution in [0.5, 0.6) is 0 Å². The van der Waals surface area contributed by atoms with E-state index in [9.17, 15) is 18.0 Å². The van der Waals surface area contributed by atoms with Crippen molar-refractivity contribution >= 4 is 48.9 Å². The topological polar surface area (TPSA) is 92.3 Å². The van der Waals surface area contributed by atoms with E-state index in [0.29, 0.717) is 4.88 Å². The summed E-state index contributed by atoms with van der Waals surface area (Å²) in [5.74, 6) is -1.32. The number of thiophene rings is 1. The molecule has 1 aromatic heterocycles. The van der Waals surface area contributed by atoms with Crippen LogP contribution < -0.4 is 10.9 Å². The van der Waals surface area contributed by atoms with Crippen molar-refractivity contribution in [1.29, 1.82) is 0 Å². The van der Waals surface area contributed by atoms with Crippen LogP contribution in [0.15, 0.2) is 45.8 Å². The summed E-state index contributed by atoms with van der Waals surface area (Å²) in [7, 11) is -3.94. The van der Waals surface area contributed by atoms with Gasteiger partial charge >= 0.3 is 0 Å². The molecule has 0 saturated heterocycles. The Morgan fingerprint density at radius 1 is 1.04 bits per heavy atom. The number of carbonyl (C=O) groups excluding carboxylic acids is 2. The van der Waals surface area contributed by atoms with E-state index >= 15 is 0 Å². The standard InChI is InChI=1S/C16H17BrN2O4S2/c1-10-4-9-13(24-10)14(20)18-19-15(21)16(2,3)25(22,23)12-7-5-11(17)6-8-12/h4-9H,1-3H3,(H,18,20)(H,19,21). The molecule has 0 atom stereocenters. The van der Waals surface area contributed by atoms with E-state index < -0.39 is 26.4 Å². The first-order valence-corrected chi connectivity index (χ1v) is 10.3. The molecule has 0 fully saturated rings. The van der Waals surface area contributed by atoms with Gasteiger partial charge in [-0.1, -0.05) is 15.9 Å². The molecule has 0 spiro atoms. The fourth-order valence-corrected chi connectivity index (χ4v) is 4.32. The van der Waals surface area contributed by atoms with Crippen LogP contribution >= 0.6 is 27.3 Å². The van der Waals surface area contributed by atoms with Crippen molar-refractivity contribution < 1.29 is 18.0 Å². The van der Waals surface area contributed by atoms with Gasteiger partial charge in [-0.2, -0.15) is 0 Å². The largest absolute Gasteiger partial charge is 0.279 e. The van der Waals surface area contributed by atoms with Gasteiger partial charge in [0, 0.05) is 9.35 Å². The van der Waals surface area contributed by atoms with Gasteiger partial charge in [-0.3, -0.25) is 20.4 Å². The van der Waals surface area contributed by atoms with Crippen LogP contribution in [-0.2, 0) is 14.6 Å². The van der Waals surface area contributed by atoms with Crippen molar-refractivity contribution in [2.75, 3.05) is 0 Å². The molecule has 2 amide bonds. The zero-order valence-electron chi connectivity index (χ0n) is 13.8. The Bertz CT molecular complexity index is 902. The van der Waals surface area contributed by atoms with Crippen molar-refractivity contribution in [1.82, 2.24) is 10.9 Å². The predicted molar refractivity (Wildman–Crippen MR) is 100 cm³/mol. The number of hydrogen-bond acceptors (Lipinski definition) is 5. The average molecular weight is 445 g/mol. The van der Waals surface area contributed by atoms with E-state index in [1.54, 1.807) is 24.3 Å². The van der Waals surface area contributed by atoms with Crippen LogP contribution in [0, 0.1) is 6.92 Å². The summed E-state index contributed by atoms with van der Waals surface area (Å²) in [6.45, 7) is 4.44. The van der Waals surface area contributed by atoms with Gasteiger partial charge in [0.05, 0.1) is 9.77 Å². The Hall–Kier alpha value is -1.71. The highest BCUT2D eigenvalue weighted by molar-refractivity contribution is 9.10. The third kappa shape index (κ3) is 4.10. The van der Waals surface area contributed by atoms with E-state index in [1.165, 1.54) is 37.3 Å². The quantitative estimate of drug-likeness (QED) is 0.708. The summed E-state index contributed by atoms with van der Waals surface area (Å²) in [6, 6.07) is 9.42. The lowest BCUT2D eigenvalue weighted by Crippen LogP contribution is -2.53.